The first-order valence-corrected chi connectivity index (χ1v) is 10.2. The molecule has 1 fully saturated rings. The average molecular weight is 374 g/mol. The monoisotopic (exact) mass is 374 g/mol. The molecule has 144 valence electrons. The Labute approximate surface area is 164 Å². The lowest BCUT2D eigenvalue weighted by Crippen LogP contribution is -2.08. The third kappa shape index (κ3) is 3.00. The first kappa shape index (κ1) is 17.4. The summed E-state index contributed by atoms with van der Waals surface area (Å²) in [6.07, 6.45) is 7.33. The molecule has 0 saturated heterocycles. The van der Waals surface area contributed by atoms with E-state index < -0.39 is 0 Å². The van der Waals surface area contributed by atoms with E-state index in [1.165, 1.54) is 22.2 Å². The van der Waals surface area contributed by atoms with E-state index in [0.29, 0.717) is 24.5 Å². The molecule has 28 heavy (non-hydrogen) atoms. The second-order valence-corrected chi connectivity index (χ2v) is 8.06. The zero-order chi connectivity index (χ0) is 19.1. The number of nitrogens with zero attached hydrogens (tertiary/aromatic N) is 2. The molecule has 1 aliphatic carbocycles. The molecule has 0 spiro atoms. The van der Waals surface area contributed by atoms with Gasteiger partial charge in [0.2, 0.25) is 0 Å². The van der Waals surface area contributed by atoms with Crippen molar-refractivity contribution in [3.8, 4) is 0 Å². The van der Waals surface area contributed by atoms with Gasteiger partial charge >= 0.3 is 0 Å². The number of ether oxygens (including phenoxy) is 1. The second-order valence-electron chi connectivity index (χ2n) is 8.06. The Morgan fingerprint density at radius 3 is 2.75 bits per heavy atom. The van der Waals surface area contributed by atoms with E-state index in [-0.39, 0.29) is 0 Å². The molecule has 3 heterocycles. The lowest BCUT2D eigenvalue weighted by atomic mass is 9.89. The molecule has 1 aromatic carbocycles. The van der Waals surface area contributed by atoms with E-state index in [1.807, 2.05) is 12.4 Å². The molecule has 0 amide bonds. The lowest BCUT2D eigenvalue weighted by Gasteiger charge is -2.16. The van der Waals surface area contributed by atoms with E-state index in [9.17, 15) is 0 Å². The van der Waals surface area contributed by atoms with Crippen LogP contribution < -0.4 is 0 Å². The Hall–Kier alpha value is -2.66. The van der Waals surface area contributed by atoms with Crippen LogP contribution in [0.2, 0.25) is 0 Å². The predicted octanol–water partition coefficient (Wildman–Crippen LogP) is 5.24. The molecule has 5 heteroatoms. The van der Waals surface area contributed by atoms with Gasteiger partial charge in [-0.25, -0.2) is 9.97 Å². The number of H-pyrrole nitrogens is 2. The van der Waals surface area contributed by atoms with Crippen LogP contribution in [0.3, 0.4) is 0 Å². The summed E-state index contributed by atoms with van der Waals surface area (Å²) in [6, 6.07) is 10.7. The van der Waals surface area contributed by atoms with E-state index >= 15 is 0 Å². The number of fused-ring (bicyclic) bond motifs is 3. The predicted molar refractivity (Wildman–Crippen MR) is 111 cm³/mol. The number of pyridine rings is 1. The van der Waals surface area contributed by atoms with Crippen molar-refractivity contribution in [1.82, 2.24) is 20.2 Å². The summed E-state index contributed by atoms with van der Waals surface area (Å²) in [7, 11) is 0. The topological polar surface area (TPSA) is 66.6 Å². The summed E-state index contributed by atoms with van der Waals surface area (Å²) in [5.41, 5.74) is 5.68. The van der Waals surface area contributed by atoms with Crippen molar-refractivity contribution < 1.29 is 4.74 Å². The third-order valence-corrected chi connectivity index (χ3v) is 6.29. The van der Waals surface area contributed by atoms with Crippen LogP contribution in [-0.2, 0) is 11.3 Å². The number of aromatic amines is 2. The van der Waals surface area contributed by atoms with Gasteiger partial charge in [0, 0.05) is 28.6 Å². The molecular weight excluding hydrogens is 348 g/mol. The zero-order valence-corrected chi connectivity index (χ0v) is 16.4. The Morgan fingerprint density at radius 2 is 1.93 bits per heavy atom. The molecule has 0 bridgehead atoms. The number of nitrogens with one attached hydrogen (secondary N) is 2. The maximum atomic E-state index is 6.33. The number of aryl methyl sites for hydroxylation is 1. The van der Waals surface area contributed by atoms with Crippen molar-refractivity contribution in [3.05, 3.63) is 59.5 Å². The van der Waals surface area contributed by atoms with Crippen LogP contribution in [0.5, 0.6) is 0 Å². The first-order valence-electron chi connectivity index (χ1n) is 10.2. The van der Waals surface area contributed by atoms with Crippen molar-refractivity contribution in [2.45, 2.75) is 51.7 Å². The maximum absolute atomic E-state index is 6.33. The molecule has 1 saturated carbocycles. The number of hydrogen-bond acceptors (Lipinski definition) is 3. The standard InChI is InChI=1S/C23H26N4O/c1-3-16-10-17(28-13-15-6-4-14(2)5-7-15)11-19(16)22-21-18-8-9-24-23(18)25-12-20(21)26-27-22/h4-9,12,16-17,19,26-27H,3,10-11,13H2,1-2H3/t16-,17+,19-/m1/s1. The molecular formula is C23H26N4O. The van der Waals surface area contributed by atoms with Crippen LogP contribution in [0.25, 0.3) is 21.9 Å². The fourth-order valence-corrected chi connectivity index (χ4v) is 4.73. The maximum Gasteiger partial charge on any atom is 0.159 e. The first-order chi connectivity index (χ1) is 13.7. The van der Waals surface area contributed by atoms with Crippen LogP contribution >= 0.6 is 0 Å². The highest BCUT2D eigenvalue weighted by Crippen LogP contribution is 2.45. The molecule has 0 radical (unpaired) electrons. The van der Waals surface area contributed by atoms with E-state index in [2.05, 4.69) is 64.3 Å². The zero-order valence-electron chi connectivity index (χ0n) is 16.4. The highest BCUT2D eigenvalue weighted by Gasteiger charge is 2.36. The van der Waals surface area contributed by atoms with Crippen molar-refractivity contribution in [2.24, 2.45) is 5.92 Å². The summed E-state index contributed by atoms with van der Waals surface area (Å²) in [4.78, 5) is 8.82. The number of rotatable bonds is 5. The lowest BCUT2D eigenvalue weighted by molar-refractivity contribution is 0.0423. The summed E-state index contributed by atoms with van der Waals surface area (Å²) in [5.74, 6) is 1.08. The minimum absolute atomic E-state index is 0.296. The van der Waals surface area contributed by atoms with Crippen molar-refractivity contribution in [2.75, 3.05) is 0 Å². The van der Waals surface area contributed by atoms with Crippen molar-refractivity contribution in [1.29, 1.82) is 0 Å². The van der Waals surface area contributed by atoms with Gasteiger partial charge < -0.3 is 9.84 Å². The molecule has 4 aromatic rings. The van der Waals surface area contributed by atoms with Gasteiger partial charge in [-0.2, -0.15) is 0 Å². The van der Waals surface area contributed by atoms with Crippen LogP contribution in [0.15, 0.2) is 42.7 Å². The third-order valence-electron chi connectivity index (χ3n) is 6.29. The van der Waals surface area contributed by atoms with Gasteiger partial charge in [-0.1, -0.05) is 43.2 Å². The molecule has 5 rings (SSSR count). The van der Waals surface area contributed by atoms with Gasteiger partial charge in [-0.15, -0.1) is 0 Å². The van der Waals surface area contributed by atoms with Crippen molar-refractivity contribution in [3.63, 3.8) is 0 Å². The van der Waals surface area contributed by atoms with E-state index in [0.717, 1.165) is 35.8 Å². The minimum Gasteiger partial charge on any atom is -0.374 e. The van der Waals surface area contributed by atoms with Gasteiger partial charge in [-0.3, -0.25) is 5.10 Å². The molecule has 3 atom stereocenters. The van der Waals surface area contributed by atoms with E-state index in [4.69, 9.17) is 4.74 Å². The number of aromatic nitrogens is 4. The largest absolute Gasteiger partial charge is 0.374 e. The SMILES string of the molecule is CC[C@@H]1C[C@H](OCc2ccc(C)cc2)C[C@H]1c1[nH][nH]c2cnc3nccc3c12. The summed E-state index contributed by atoms with van der Waals surface area (Å²) in [5, 5.41) is 9.14. The molecule has 0 unspecified atom stereocenters. The summed E-state index contributed by atoms with van der Waals surface area (Å²) in [6.45, 7) is 5.09. The summed E-state index contributed by atoms with van der Waals surface area (Å²) < 4.78 is 6.33. The highest BCUT2D eigenvalue weighted by atomic mass is 16.5. The van der Waals surface area contributed by atoms with Crippen molar-refractivity contribution >= 4 is 21.9 Å². The quantitative estimate of drug-likeness (QED) is 0.502. The van der Waals surface area contributed by atoms with Crippen LogP contribution in [-0.4, -0.2) is 26.3 Å². The molecule has 5 nitrogen and oxygen atoms in total. The Morgan fingerprint density at radius 1 is 1.07 bits per heavy atom. The molecule has 3 aromatic heterocycles. The smallest absolute Gasteiger partial charge is 0.159 e. The second kappa shape index (κ2) is 7.06. The van der Waals surface area contributed by atoms with Gasteiger partial charge in [0.25, 0.3) is 0 Å². The Kier molecular flexibility index (Phi) is 4.40. The fourth-order valence-electron chi connectivity index (χ4n) is 4.73. The van der Waals surface area contributed by atoms with Gasteiger partial charge in [0.05, 0.1) is 24.4 Å². The summed E-state index contributed by atoms with van der Waals surface area (Å²) >= 11 is 0. The van der Waals surface area contributed by atoms with E-state index in [1.54, 1.807) is 0 Å². The van der Waals surface area contributed by atoms with Gasteiger partial charge in [0.1, 0.15) is 0 Å². The van der Waals surface area contributed by atoms with Gasteiger partial charge in [-0.05, 0) is 37.3 Å². The Balaban J connectivity index is 1.40. The van der Waals surface area contributed by atoms with Crippen LogP contribution in [0.4, 0.5) is 0 Å². The van der Waals surface area contributed by atoms with Gasteiger partial charge in [0.15, 0.2) is 5.65 Å². The molecule has 1 aliphatic rings. The number of hydrogen-bond donors (Lipinski definition) is 2. The highest BCUT2D eigenvalue weighted by molar-refractivity contribution is 6.04. The van der Waals surface area contributed by atoms with Crippen LogP contribution in [0, 0.1) is 12.8 Å². The van der Waals surface area contributed by atoms with Crippen LogP contribution in [0.1, 0.15) is 48.9 Å². The molecule has 0 aliphatic heterocycles. The molecule has 2 N–H and O–H groups in total. The fraction of sp³-hybridized carbons (Fsp3) is 0.391. The minimum atomic E-state index is 0.296. The normalized spacial score (nSPS) is 22.4. The Bertz CT molecular complexity index is 1090. The number of benzene rings is 1. The average Bonchev–Trinajstić information content (AvgIpc) is 3.43.